The number of hydrogen-bond acceptors (Lipinski definition) is 4. The van der Waals surface area contributed by atoms with E-state index in [0.29, 0.717) is 39.4 Å². The molecule has 0 spiro atoms. The van der Waals surface area contributed by atoms with Crippen molar-refractivity contribution in [2.75, 3.05) is 0 Å². The third kappa shape index (κ3) is 4.65. The Balaban J connectivity index is 1.41. The van der Waals surface area contributed by atoms with Crippen LogP contribution in [-0.4, -0.2) is 15.0 Å². The van der Waals surface area contributed by atoms with E-state index in [0.717, 1.165) is 11.1 Å². The van der Waals surface area contributed by atoms with Gasteiger partial charge in [0.2, 0.25) is 0 Å². The molecule has 43 heavy (non-hydrogen) atoms. The van der Waals surface area contributed by atoms with Crippen LogP contribution >= 0.6 is 0 Å². The number of rotatable bonds is 5. The minimum atomic E-state index is -0.571. The summed E-state index contributed by atoms with van der Waals surface area (Å²) in [4.78, 5) is 14.4. The van der Waals surface area contributed by atoms with Crippen LogP contribution in [0.1, 0.15) is 13.7 Å². The Labute approximate surface area is 263 Å². The molecule has 0 radical (unpaired) electrons. The standard InChI is InChI=1S/C39H25N3O/c1-5-13-26(14-6-1)31-23-33(27-15-7-2-8-16-27)36-34(24-31)32-22-21-30(25-35(32)43-36)39-41-37(28-17-9-3-10-18-28)40-38(42-39)29-19-11-4-12-20-29/h1-25H/i1D,2D,5D,6D,7D,8D,13D,14D,15D,16D. The molecule has 0 aliphatic carbocycles. The van der Waals surface area contributed by atoms with Crippen LogP contribution in [0.15, 0.2) is 156 Å². The van der Waals surface area contributed by atoms with Crippen molar-refractivity contribution in [2.45, 2.75) is 0 Å². The van der Waals surface area contributed by atoms with Gasteiger partial charge in [-0.15, -0.1) is 0 Å². The van der Waals surface area contributed by atoms with Gasteiger partial charge >= 0.3 is 0 Å². The number of aromatic nitrogens is 3. The molecule has 0 atom stereocenters. The van der Waals surface area contributed by atoms with Crippen molar-refractivity contribution in [1.29, 1.82) is 0 Å². The second kappa shape index (κ2) is 10.5. The average Bonchev–Trinajstić information content (AvgIpc) is 3.56. The third-order valence-corrected chi connectivity index (χ3v) is 7.09. The molecule has 0 unspecified atom stereocenters. The fourth-order valence-electron chi connectivity index (χ4n) is 5.06. The first-order valence-electron chi connectivity index (χ1n) is 18.5. The van der Waals surface area contributed by atoms with E-state index < -0.39 is 60.4 Å². The molecule has 6 aromatic carbocycles. The number of fused-ring (bicyclic) bond motifs is 3. The lowest BCUT2D eigenvalue weighted by molar-refractivity contribution is 0.670. The summed E-state index contributed by atoms with van der Waals surface area (Å²) < 4.78 is 90.9. The lowest BCUT2D eigenvalue weighted by Gasteiger charge is -2.08. The van der Waals surface area contributed by atoms with E-state index in [1.165, 1.54) is 6.07 Å². The first-order chi connectivity index (χ1) is 25.4. The molecule has 0 amide bonds. The van der Waals surface area contributed by atoms with E-state index in [4.69, 9.17) is 33.1 Å². The molecule has 202 valence electrons. The summed E-state index contributed by atoms with van der Waals surface area (Å²) in [6, 6.07) is 22.2. The van der Waals surface area contributed by atoms with E-state index in [1.807, 2.05) is 60.7 Å². The Kier molecular flexibility index (Phi) is 4.04. The first-order valence-corrected chi connectivity index (χ1v) is 13.5. The molecule has 0 fully saturated rings. The fraction of sp³-hybridized carbons (Fsp3) is 0. The van der Waals surface area contributed by atoms with E-state index >= 15 is 0 Å². The molecule has 4 heteroatoms. The van der Waals surface area contributed by atoms with E-state index in [-0.39, 0.29) is 27.8 Å². The fourth-order valence-corrected chi connectivity index (χ4v) is 5.06. The predicted octanol–water partition coefficient (Wildman–Crippen LogP) is 10.1. The van der Waals surface area contributed by atoms with E-state index in [9.17, 15) is 0 Å². The molecule has 0 N–H and O–H groups in total. The summed E-state index contributed by atoms with van der Waals surface area (Å²) in [7, 11) is 0. The molecule has 0 saturated heterocycles. The topological polar surface area (TPSA) is 51.8 Å². The maximum absolute atomic E-state index is 8.77. The molecule has 0 saturated carbocycles. The van der Waals surface area contributed by atoms with Crippen LogP contribution in [0.4, 0.5) is 0 Å². The average molecular weight is 562 g/mol. The zero-order valence-electron chi connectivity index (χ0n) is 32.4. The molecule has 2 aromatic heterocycles. The summed E-state index contributed by atoms with van der Waals surface area (Å²) in [5.74, 6) is 1.29. The summed E-state index contributed by atoms with van der Waals surface area (Å²) in [6.45, 7) is 0. The van der Waals surface area contributed by atoms with Gasteiger partial charge < -0.3 is 4.42 Å². The van der Waals surface area contributed by atoms with Crippen molar-refractivity contribution >= 4 is 21.9 Å². The summed E-state index contributed by atoms with van der Waals surface area (Å²) in [6.07, 6.45) is 0. The molecule has 8 rings (SSSR count). The van der Waals surface area contributed by atoms with Crippen LogP contribution in [0.3, 0.4) is 0 Å². The highest BCUT2D eigenvalue weighted by Gasteiger charge is 2.17. The largest absolute Gasteiger partial charge is 0.455 e. The van der Waals surface area contributed by atoms with Crippen molar-refractivity contribution in [1.82, 2.24) is 15.0 Å². The van der Waals surface area contributed by atoms with Crippen LogP contribution in [0.5, 0.6) is 0 Å². The van der Waals surface area contributed by atoms with Crippen LogP contribution in [0, 0.1) is 0 Å². The second-order valence-electron chi connectivity index (χ2n) is 9.75. The zero-order valence-corrected chi connectivity index (χ0v) is 22.4. The van der Waals surface area contributed by atoms with Gasteiger partial charge in [0.25, 0.3) is 0 Å². The maximum Gasteiger partial charge on any atom is 0.164 e. The van der Waals surface area contributed by atoms with Gasteiger partial charge in [0.15, 0.2) is 17.5 Å². The Morgan fingerprint density at radius 3 is 1.60 bits per heavy atom. The molecule has 2 heterocycles. The van der Waals surface area contributed by atoms with Crippen LogP contribution in [0.2, 0.25) is 0 Å². The van der Waals surface area contributed by atoms with Gasteiger partial charge in [0.1, 0.15) is 11.2 Å². The van der Waals surface area contributed by atoms with E-state index in [2.05, 4.69) is 0 Å². The lowest BCUT2D eigenvalue weighted by atomic mass is 9.95. The summed E-state index contributed by atoms with van der Waals surface area (Å²) in [5, 5.41) is 0.996. The van der Waals surface area contributed by atoms with Crippen LogP contribution in [0.25, 0.3) is 78.4 Å². The normalized spacial score (nSPS) is 14.5. The van der Waals surface area contributed by atoms with Crippen molar-refractivity contribution in [3.8, 4) is 56.4 Å². The van der Waals surface area contributed by atoms with Gasteiger partial charge in [-0.1, -0.05) is 127 Å². The van der Waals surface area contributed by atoms with E-state index in [1.54, 1.807) is 24.3 Å². The van der Waals surface area contributed by atoms with Gasteiger partial charge in [-0.25, -0.2) is 15.0 Å². The quantitative estimate of drug-likeness (QED) is 0.210. The minimum absolute atomic E-state index is 0.0944. The SMILES string of the molecule is [2H]c1c([2H])c([2H])c(-c2cc(-c3c([2H])c([2H])c([2H])c([2H])c3[2H])c3oc4cc(-c5nc(-c6ccccc6)nc(-c6ccccc6)n5)ccc4c3c2)c([2H])c1[2H]. The van der Waals surface area contributed by atoms with Crippen molar-refractivity contribution in [2.24, 2.45) is 0 Å². The van der Waals surface area contributed by atoms with Crippen molar-refractivity contribution in [3.05, 3.63) is 151 Å². The summed E-state index contributed by atoms with van der Waals surface area (Å²) >= 11 is 0. The smallest absolute Gasteiger partial charge is 0.164 e. The number of furan rings is 1. The third-order valence-electron chi connectivity index (χ3n) is 7.09. The first kappa shape index (κ1) is 16.5. The minimum Gasteiger partial charge on any atom is -0.455 e. The highest BCUT2D eigenvalue weighted by Crippen LogP contribution is 2.40. The van der Waals surface area contributed by atoms with Gasteiger partial charge in [0, 0.05) is 33.0 Å². The molecule has 0 aliphatic rings. The number of nitrogens with zero attached hydrogens (tertiary/aromatic N) is 3. The predicted molar refractivity (Wildman–Crippen MR) is 174 cm³/mol. The number of benzene rings is 6. The molecule has 0 bridgehead atoms. The van der Waals surface area contributed by atoms with Gasteiger partial charge in [-0.05, 0) is 41.0 Å². The molecule has 0 aliphatic heterocycles. The Bertz CT molecular complexity index is 2680. The van der Waals surface area contributed by atoms with Crippen molar-refractivity contribution in [3.63, 3.8) is 0 Å². The maximum atomic E-state index is 8.77. The van der Waals surface area contributed by atoms with Gasteiger partial charge in [-0.3, -0.25) is 0 Å². The Morgan fingerprint density at radius 2 is 1.00 bits per heavy atom. The molecular weight excluding hydrogens is 526 g/mol. The van der Waals surface area contributed by atoms with Crippen LogP contribution in [-0.2, 0) is 0 Å². The number of hydrogen-bond donors (Lipinski definition) is 0. The van der Waals surface area contributed by atoms with Gasteiger partial charge in [0.05, 0.1) is 13.7 Å². The second-order valence-corrected chi connectivity index (χ2v) is 9.75. The lowest BCUT2D eigenvalue weighted by Crippen LogP contribution is -2.00. The zero-order chi connectivity index (χ0) is 37.3. The molecular formula is C39H25N3O. The monoisotopic (exact) mass is 561 g/mol. The molecule has 4 nitrogen and oxygen atoms in total. The molecule has 8 aromatic rings. The van der Waals surface area contributed by atoms with Crippen molar-refractivity contribution < 1.29 is 18.1 Å². The Hall–Kier alpha value is -5.87. The van der Waals surface area contributed by atoms with Gasteiger partial charge in [-0.2, -0.15) is 0 Å². The highest BCUT2D eigenvalue weighted by atomic mass is 16.3. The highest BCUT2D eigenvalue weighted by molar-refractivity contribution is 6.12. The Morgan fingerprint density at radius 1 is 0.442 bits per heavy atom. The van der Waals surface area contributed by atoms with Crippen LogP contribution < -0.4 is 0 Å². The summed E-state index contributed by atoms with van der Waals surface area (Å²) in [5.41, 5.74) is 2.71.